The molecule has 0 N–H and O–H groups in total. The van der Waals surface area contributed by atoms with E-state index < -0.39 is 433 Å². The number of aromatic nitrogens is 3. The van der Waals surface area contributed by atoms with Crippen LogP contribution in [0, 0.1) is 283 Å². The Morgan fingerprint density at radius 2 is 0.256 bits per heavy atom. The summed E-state index contributed by atoms with van der Waals surface area (Å²) in [6, 6.07) is -1.01. The van der Waals surface area contributed by atoms with Gasteiger partial charge < -0.3 is 14.3 Å². The predicted octanol–water partition coefficient (Wildman–Crippen LogP) is 26.4. The molecule has 0 amide bonds. The molecule has 0 bridgehead atoms. The number of nitrogens with zero attached hydrogens (tertiary/aromatic N) is 3. The summed E-state index contributed by atoms with van der Waals surface area (Å²) in [5, 5.41) is -7.67. The van der Waals surface area contributed by atoms with Crippen LogP contribution in [-0.4, -0.2) is 21.5 Å². The van der Waals surface area contributed by atoms with Crippen molar-refractivity contribution in [2.24, 2.45) is 0 Å². The molecule has 0 aliphatic heterocycles. The Bertz CT molecular complexity index is 6870. The summed E-state index contributed by atoms with van der Waals surface area (Å²) in [7, 11) is -5.35. The summed E-state index contributed by atoms with van der Waals surface area (Å²) in [6.45, 7) is 0.683. The first-order chi connectivity index (χ1) is 62.1. The van der Waals surface area contributed by atoms with E-state index in [-0.39, 0.29) is 57.2 Å². The summed E-state index contributed by atoms with van der Waals surface area (Å²) in [4.78, 5) is 0. The summed E-state index contributed by atoms with van der Waals surface area (Å²) >= 11 is 0. The Hall–Kier alpha value is -14.4. The van der Waals surface area contributed by atoms with Crippen LogP contribution in [0.5, 0.6) is 0 Å². The highest BCUT2D eigenvalue weighted by Crippen LogP contribution is 2.57. The predicted molar refractivity (Wildman–Crippen MR) is 363 cm³/mol. The van der Waals surface area contributed by atoms with E-state index in [9.17, 15) is 0 Å². The molecule has 0 spiro atoms. The van der Waals surface area contributed by atoms with Gasteiger partial charge in [-0.1, -0.05) is 18.2 Å². The van der Waals surface area contributed by atoms with E-state index in [1.807, 2.05) is 0 Å². The second-order valence-electron chi connectivity index (χ2n) is 27.6. The lowest BCUT2D eigenvalue weighted by atomic mass is 9.89. The maximum absolute atomic E-state index is 17.6. The third-order valence-electron chi connectivity index (χ3n) is 20.6. The van der Waals surface area contributed by atoms with E-state index in [0.717, 1.165) is 0 Å². The fourth-order valence-electron chi connectivity index (χ4n) is 14.8. The minimum absolute atomic E-state index is 0.0580. The molecular formula is C81H15BF45N3O3. The van der Waals surface area contributed by atoms with Gasteiger partial charge in [-0.2, -0.15) is 14.2 Å². The van der Waals surface area contributed by atoms with Gasteiger partial charge in [-0.15, -0.1) is 0 Å². The summed E-state index contributed by atoms with van der Waals surface area (Å²) in [5.74, 6) is -160. The van der Waals surface area contributed by atoms with E-state index in [1.54, 1.807) is 0 Å². The number of hydrogen-bond donors (Lipinski definition) is 0. The third kappa shape index (κ3) is 12.9. The lowest BCUT2D eigenvalue weighted by Crippen LogP contribution is -2.49. The van der Waals surface area contributed by atoms with Crippen LogP contribution in [0.2, 0.25) is 0 Å². The van der Waals surface area contributed by atoms with Crippen molar-refractivity contribution in [1.82, 2.24) is 14.2 Å². The monoisotopic (exact) mass is 1940 g/mol. The highest BCUT2D eigenvalue weighted by atomic mass is 19.2. The number of fused-ring (bicyclic) bond motifs is 3. The fourth-order valence-corrected chi connectivity index (χ4v) is 14.8. The molecule has 6 nitrogen and oxygen atoms in total. The van der Waals surface area contributed by atoms with Crippen molar-refractivity contribution in [2.75, 3.05) is 0 Å². The van der Waals surface area contributed by atoms with Crippen LogP contribution in [0.1, 0.15) is 16.7 Å². The van der Waals surface area contributed by atoms with Crippen LogP contribution in [0.25, 0.3) is 133 Å². The van der Waals surface area contributed by atoms with Crippen molar-refractivity contribution in [1.29, 1.82) is 0 Å². The van der Waals surface area contributed by atoms with Gasteiger partial charge in [0.15, 0.2) is 209 Å². The highest BCUT2D eigenvalue weighted by Gasteiger charge is 2.50. The van der Waals surface area contributed by atoms with Gasteiger partial charge in [-0.05, 0) is 55.7 Å². The number of aryl methyl sites for hydroxylation is 3. The zero-order valence-corrected chi connectivity index (χ0v) is 62.6. The molecule has 52 heteroatoms. The van der Waals surface area contributed by atoms with Gasteiger partial charge in [-0.25, -0.2) is 198 Å². The van der Waals surface area contributed by atoms with Crippen LogP contribution in [0.15, 0.2) is 36.4 Å². The van der Waals surface area contributed by atoms with E-state index >= 15 is 198 Å². The smallest absolute Gasteiger partial charge is 0.395 e. The molecule has 0 saturated heterocycles. The molecule has 0 aliphatic rings. The van der Waals surface area contributed by atoms with Gasteiger partial charge in [0.1, 0.15) is 17.1 Å². The van der Waals surface area contributed by atoms with Gasteiger partial charge in [0.05, 0.1) is 66.6 Å². The molecule has 0 radical (unpaired) electrons. The van der Waals surface area contributed by atoms with E-state index in [0.29, 0.717) is 0 Å². The Balaban J connectivity index is 1.29. The summed E-state index contributed by atoms with van der Waals surface area (Å²) < 4.78 is 755. The molecule has 690 valence electrons. The maximum Gasteiger partial charge on any atom is 0.926 e. The molecule has 0 atom stereocenters. The SMILES string of the molecule is Cc1ccc2c(c1-c1c(F)c(F)c(F)c(F)c1F)c(-c1c(F)c(F)c(F)c(F)c1F)c(-c1c(F)c(F)c(F)c(F)c1F)n2OB(On1c(-c2c(F)c(F)c(F)c(F)c2F)c(-c2c(F)c(F)c(F)c(F)c2F)c2c(-c3c(F)c(F)c(F)c(F)c3F)c(C)ccc21)On1c(-c2c(F)c(F)c(F)c(F)c2F)c(-c2c(F)c(F)c(F)c(F)c2F)c2c(-c3c(F)c(F)c(F)c(F)c3F)c(C)ccc21. The minimum Gasteiger partial charge on any atom is -0.395 e. The van der Waals surface area contributed by atoms with Gasteiger partial charge in [0.2, 0.25) is 52.4 Å². The van der Waals surface area contributed by atoms with Crippen LogP contribution < -0.4 is 14.3 Å². The van der Waals surface area contributed by atoms with Crippen LogP contribution in [-0.2, 0) is 0 Å². The first-order valence-corrected chi connectivity index (χ1v) is 34.8. The Morgan fingerprint density at radius 3 is 0.391 bits per heavy atom. The second-order valence-corrected chi connectivity index (χ2v) is 27.6. The molecule has 3 heterocycles. The average molecular weight is 1940 g/mol. The van der Waals surface area contributed by atoms with Gasteiger partial charge >= 0.3 is 7.32 Å². The first-order valence-electron chi connectivity index (χ1n) is 34.8. The first kappa shape index (κ1) is 93.3. The topological polar surface area (TPSA) is 42.5 Å². The van der Waals surface area contributed by atoms with Crippen molar-refractivity contribution in [3.63, 3.8) is 0 Å². The van der Waals surface area contributed by atoms with Gasteiger partial charge in [0.25, 0.3) is 0 Å². The lowest BCUT2D eigenvalue weighted by molar-refractivity contribution is 0.0828. The lowest BCUT2D eigenvalue weighted by Gasteiger charge is -2.24. The number of rotatable bonds is 15. The Morgan fingerprint density at radius 1 is 0.143 bits per heavy atom. The van der Waals surface area contributed by atoms with Gasteiger partial charge in [0, 0.05) is 49.5 Å². The van der Waals surface area contributed by atoms with E-state index in [2.05, 4.69) is 0 Å². The van der Waals surface area contributed by atoms with E-state index in [1.165, 1.54) is 0 Å². The quantitative estimate of drug-likeness (QED) is 0.0445. The minimum atomic E-state index is -5.35. The number of hydrogen-bond acceptors (Lipinski definition) is 3. The van der Waals surface area contributed by atoms with Crippen molar-refractivity contribution in [3.05, 3.63) is 315 Å². The van der Waals surface area contributed by atoms with Crippen molar-refractivity contribution in [3.8, 4) is 101 Å². The van der Waals surface area contributed by atoms with E-state index in [4.69, 9.17) is 14.3 Å². The van der Waals surface area contributed by atoms with Crippen LogP contribution >= 0.6 is 0 Å². The fraction of sp³-hybridized carbons (Fsp3) is 0.0370. The van der Waals surface area contributed by atoms with Crippen molar-refractivity contribution in [2.45, 2.75) is 20.8 Å². The van der Waals surface area contributed by atoms with Crippen LogP contribution in [0.3, 0.4) is 0 Å². The highest BCUT2D eigenvalue weighted by molar-refractivity contribution is 6.38. The molecular weight excluding hydrogens is 1930 g/mol. The largest absolute Gasteiger partial charge is 0.926 e. The molecule has 15 rings (SSSR count). The third-order valence-corrected chi connectivity index (χ3v) is 20.6. The molecule has 0 fully saturated rings. The number of benzene rings is 12. The maximum atomic E-state index is 17.6. The molecule has 0 unspecified atom stereocenters. The molecule has 133 heavy (non-hydrogen) atoms. The standard InChI is InChI=1S/C81H15BF45N3O3/c1-10-4-7-13-19(16(10)25-34(83)52(101)70(119)53(102)35(25)84)22(28-40(89)58(107)73(122)59(108)41(28)90)79(31-46(95)64(113)76(125)65(114)47(31)96)128(13)131-82(132-129-14-8-5-11(2)17(26-36(85)54(103)71(120)55(104)37(26)86)20(14)23(29-42(91)60(109)74(123)61(110)43(29)92)80(129)32-48(97)66(115)77(126)67(116)49(32)98)133-130-15-9-6-12(3)18(27-38(87)56(105)72(121)57(106)39(27)88)21(15)24(30-44(93)62(111)75(124)63(112)45(30)94)81(130)33-50(99)68(117)78(127)69(118)51(33)100/h4-9H,1-3H3. The molecule has 3 aromatic heterocycles. The van der Waals surface area contributed by atoms with Gasteiger partial charge in [-0.3, -0.25) is 0 Å². The zero-order valence-electron chi connectivity index (χ0n) is 62.6. The normalized spacial score (nSPS) is 11.9. The Labute approximate surface area is 700 Å². The molecule has 12 aromatic carbocycles. The molecule has 0 saturated carbocycles. The number of halogens is 45. The zero-order chi connectivity index (χ0) is 98.2. The van der Waals surface area contributed by atoms with Crippen molar-refractivity contribution < 1.29 is 212 Å². The molecule has 15 aromatic rings. The average Bonchev–Trinajstić information content (AvgIpc) is 1.50. The van der Waals surface area contributed by atoms with Crippen LogP contribution in [0.4, 0.5) is 198 Å². The summed E-state index contributed by atoms with van der Waals surface area (Å²) in [6.07, 6.45) is 0. The van der Waals surface area contributed by atoms with Crippen molar-refractivity contribution >= 4 is 40.0 Å². The molecule has 0 aliphatic carbocycles. The Kier molecular flexibility index (Phi) is 22.6. The second kappa shape index (κ2) is 32.3. The summed E-state index contributed by atoms with van der Waals surface area (Å²) in [5.41, 5.74) is -66.1.